The van der Waals surface area contributed by atoms with Gasteiger partial charge in [0.1, 0.15) is 5.65 Å². The van der Waals surface area contributed by atoms with Gasteiger partial charge in [-0.1, -0.05) is 39.2 Å². The predicted molar refractivity (Wildman–Crippen MR) is 95.9 cm³/mol. The summed E-state index contributed by atoms with van der Waals surface area (Å²) in [6.45, 7) is 6.09. The molecule has 0 aliphatic rings. The van der Waals surface area contributed by atoms with Gasteiger partial charge in [-0.25, -0.2) is 4.98 Å². The first-order valence-corrected chi connectivity index (χ1v) is 8.58. The molecule has 0 aliphatic heterocycles. The Hall–Kier alpha value is -1.62. The molecule has 0 spiro atoms. The standard InChI is InChI=1S/C17H26N4S/c1-3-5-8-14(4-2)11-18-17(22)19-12-15-13-21-10-7-6-9-16(21)20-15/h6-7,9-10,13-14H,3-5,8,11-12H2,1-2H3,(H2,18,19,22)/t14-/m0/s1. The van der Waals surface area contributed by atoms with E-state index in [2.05, 4.69) is 29.5 Å². The highest BCUT2D eigenvalue weighted by Crippen LogP contribution is 2.11. The van der Waals surface area contributed by atoms with Gasteiger partial charge in [-0.2, -0.15) is 0 Å². The molecule has 0 aromatic carbocycles. The zero-order chi connectivity index (χ0) is 15.8. The zero-order valence-electron chi connectivity index (χ0n) is 13.5. The van der Waals surface area contributed by atoms with E-state index >= 15 is 0 Å². The molecule has 0 bridgehead atoms. The second kappa shape index (κ2) is 8.73. The Labute approximate surface area is 138 Å². The smallest absolute Gasteiger partial charge is 0.166 e. The first kappa shape index (κ1) is 16.7. The molecule has 0 saturated heterocycles. The third-order valence-electron chi connectivity index (χ3n) is 3.94. The quantitative estimate of drug-likeness (QED) is 0.731. The number of aromatic nitrogens is 2. The lowest BCUT2D eigenvalue weighted by Crippen LogP contribution is -2.37. The lowest BCUT2D eigenvalue weighted by atomic mass is 9.99. The fraction of sp³-hybridized carbons (Fsp3) is 0.529. The molecule has 120 valence electrons. The van der Waals surface area contributed by atoms with Crippen molar-refractivity contribution in [1.29, 1.82) is 0 Å². The first-order valence-electron chi connectivity index (χ1n) is 8.17. The molecular formula is C17H26N4S. The highest BCUT2D eigenvalue weighted by molar-refractivity contribution is 7.80. The summed E-state index contributed by atoms with van der Waals surface area (Å²) in [5, 5.41) is 7.29. The maximum atomic E-state index is 5.36. The van der Waals surface area contributed by atoms with Crippen LogP contribution in [0.1, 0.15) is 45.2 Å². The molecule has 0 radical (unpaired) electrons. The number of nitrogens with zero attached hydrogens (tertiary/aromatic N) is 2. The van der Waals surface area contributed by atoms with Gasteiger partial charge < -0.3 is 15.0 Å². The van der Waals surface area contributed by atoms with Crippen molar-refractivity contribution in [2.75, 3.05) is 6.54 Å². The molecule has 2 aromatic heterocycles. The number of thiocarbonyl (C=S) groups is 1. The Bertz CT molecular complexity index is 560. The van der Waals surface area contributed by atoms with Crippen LogP contribution in [0.2, 0.25) is 0 Å². The molecule has 0 fully saturated rings. The molecular weight excluding hydrogens is 292 g/mol. The Morgan fingerprint density at radius 2 is 2.18 bits per heavy atom. The number of hydrogen-bond acceptors (Lipinski definition) is 2. The van der Waals surface area contributed by atoms with Crippen LogP contribution in [0.4, 0.5) is 0 Å². The average molecular weight is 318 g/mol. The van der Waals surface area contributed by atoms with Gasteiger partial charge in [0.25, 0.3) is 0 Å². The van der Waals surface area contributed by atoms with E-state index in [1.165, 1.54) is 25.7 Å². The lowest BCUT2D eigenvalue weighted by molar-refractivity contribution is 0.445. The first-order chi connectivity index (χ1) is 10.7. The third kappa shape index (κ3) is 4.98. The van der Waals surface area contributed by atoms with Crippen molar-refractivity contribution in [3.63, 3.8) is 0 Å². The Morgan fingerprint density at radius 1 is 1.32 bits per heavy atom. The number of nitrogens with one attached hydrogen (secondary N) is 2. The fourth-order valence-corrected chi connectivity index (χ4v) is 2.64. The van der Waals surface area contributed by atoms with Crippen LogP contribution in [0.5, 0.6) is 0 Å². The van der Waals surface area contributed by atoms with E-state index in [4.69, 9.17) is 12.2 Å². The van der Waals surface area contributed by atoms with Gasteiger partial charge in [0.2, 0.25) is 0 Å². The van der Waals surface area contributed by atoms with Gasteiger partial charge in [0.15, 0.2) is 5.11 Å². The number of pyridine rings is 1. The fourth-order valence-electron chi connectivity index (χ4n) is 2.49. The van der Waals surface area contributed by atoms with E-state index in [1.807, 2.05) is 35.0 Å². The molecule has 2 N–H and O–H groups in total. The molecule has 0 amide bonds. The van der Waals surface area contributed by atoms with Crippen LogP contribution in [-0.4, -0.2) is 21.0 Å². The van der Waals surface area contributed by atoms with E-state index in [9.17, 15) is 0 Å². The van der Waals surface area contributed by atoms with Gasteiger partial charge in [-0.05, 0) is 36.7 Å². The highest BCUT2D eigenvalue weighted by atomic mass is 32.1. The third-order valence-corrected chi connectivity index (χ3v) is 4.23. The summed E-state index contributed by atoms with van der Waals surface area (Å²) in [6.07, 6.45) is 9.05. The van der Waals surface area contributed by atoms with Crippen molar-refractivity contribution in [3.8, 4) is 0 Å². The second-order valence-electron chi connectivity index (χ2n) is 5.68. The lowest BCUT2D eigenvalue weighted by Gasteiger charge is -2.17. The Balaban J connectivity index is 1.75. The van der Waals surface area contributed by atoms with Crippen molar-refractivity contribution in [1.82, 2.24) is 20.0 Å². The molecule has 22 heavy (non-hydrogen) atoms. The second-order valence-corrected chi connectivity index (χ2v) is 6.09. The van der Waals surface area contributed by atoms with Crippen molar-refractivity contribution < 1.29 is 0 Å². The number of unbranched alkanes of at least 4 members (excludes halogenated alkanes) is 1. The van der Waals surface area contributed by atoms with Crippen molar-refractivity contribution in [2.24, 2.45) is 5.92 Å². The Kier molecular flexibility index (Phi) is 6.65. The van der Waals surface area contributed by atoms with Crippen LogP contribution in [0.25, 0.3) is 5.65 Å². The van der Waals surface area contributed by atoms with Crippen LogP contribution in [0.3, 0.4) is 0 Å². The highest BCUT2D eigenvalue weighted by Gasteiger charge is 2.07. The summed E-state index contributed by atoms with van der Waals surface area (Å²) in [7, 11) is 0. The van der Waals surface area contributed by atoms with E-state index in [1.54, 1.807) is 0 Å². The normalized spacial score (nSPS) is 12.3. The minimum absolute atomic E-state index is 0.652. The van der Waals surface area contributed by atoms with Crippen LogP contribution in [0, 0.1) is 5.92 Å². The summed E-state index contributed by atoms with van der Waals surface area (Å²) in [5.74, 6) is 0.704. The van der Waals surface area contributed by atoms with Gasteiger partial charge in [-0.15, -0.1) is 0 Å². The molecule has 4 nitrogen and oxygen atoms in total. The summed E-state index contributed by atoms with van der Waals surface area (Å²) in [4.78, 5) is 4.55. The maximum absolute atomic E-state index is 5.36. The summed E-state index contributed by atoms with van der Waals surface area (Å²) >= 11 is 5.36. The van der Waals surface area contributed by atoms with Crippen molar-refractivity contribution in [2.45, 2.75) is 46.1 Å². The van der Waals surface area contributed by atoms with Crippen LogP contribution in [-0.2, 0) is 6.54 Å². The van der Waals surface area contributed by atoms with Crippen LogP contribution in [0.15, 0.2) is 30.6 Å². The van der Waals surface area contributed by atoms with Gasteiger partial charge >= 0.3 is 0 Å². The van der Waals surface area contributed by atoms with Gasteiger partial charge in [0, 0.05) is 18.9 Å². The van der Waals surface area contributed by atoms with E-state index in [-0.39, 0.29) is 0 Å². The summed E-state index contributed by atoms with van der Waals surface area (Å²) < 4.78 is 2.02. The van der Waals surface area contributed by atoms with Crippen molar-refractivity contribution >= 4 is 23.0 Å². The number of rotatable bonds is 8. The summed E-state index contributed by atoms with van der Waals surface area (Å²) in [6, 6.07) is 5.99. The predicted octanol–water partition coefficient (Wildman–Crippen LogP) is 3.51. The van der Waals surface area contributed by atoms with E-state index < -0.39 is 0 Å². The minimum Gasteiger partial charge on any atom is -0.362 e. The summed E-state index contributed by atoms with van der Waals surface area (Å²) in [5.41, 5.74) is 1.96. The largest absolute Gasteiger partial charge is 0.362 e. The van der Waals surface area contributed by atoms with Gasteiger partial charge in [0.05, 0.1) is 12.2 Å². The number of imidazole rings is 1. The Morgan fingerprint density at radius 3 is 2.91 bits per heavy atom. The topological polar surface area (TPSA) is 41.4 Å². The van der Waals surface area contributed by atoms with Gasteiger partial charge in [-0.3, -0.25) is 0 Å². The molecule has 0 saturated carbocycles. The molecule has 2 aromatic rings. The van der Waals surface area contributed by atoms with Crippen molar-refractivity contribution in [3.05, 3.63) is 36.3 Å². The van der Waals surface area contributed by atoms with Crippen LogP contribution >= 0.6 is 12.2 Å². The maximum Gasteiger partial charge on any atom is 0.166 e. The molecule has 5 heteroatoms. The molecule has 1 atom stereocenters. The molecule has 2 rings (SSSR count). The van der Waals surface area contributed by atoms with Crippen LogP contribution < -0.4 is 10.6 Å². The SMILES string of the molecule is CCCC[C@H](CC)CNC(=S)NCc1cn2ccccc2n1. The molecule has 2 heterocycles. The molecule has 0 unspecified atom stereocenters. The number of hydrogen-bond donors (Lipinski definition) is 2. The minimum atomic E-state index is 0.652. The monoisotopic (exact) mass is 318 g/mol. The molecule has 0 aliphatic carbocycles. The zero-order valence-corrected chi connectivity index (χ0v) is 14.3. The number of fused-ring (bicyclic) bond motifs is 1. The average Bonchev–Trinajstić information content (AvgIpc) is 2.96. The van der Waals surface area contributed by atoms with E-state index in [0.29, 0.717) is 17.6 Å². The van der Waals surface area contributed by atoms with E-state index in [0.717, 1.165) is 17.9 Å².